The summed E-state index contributed by atoms with van der Waals surface area (Å²) >= 11 is 0. The third kappa shape index (κ3) is 2.27. The van der Waals surface area contributed by atoms with Crippen LogP contribution in [0.2, 0.25) is 0 Å². The van der Waals surface area contributed by atoms with Crippen LogP contribution in [0.1, 0.15) is 43.2 Å². The molecule has 2 aliphatic rings. The van der Waals surface area contributed by atoms with Crippen LogP contribution in [0, 0.1) is 0 Å². The lowest BCUT2D eigenvalue weighted by Crippen LogP contribution is -2.42. The standard InChI is InChI=1S/C16H21NO2/c18-15(19)16(7-4-8-16)14-6-3-5-13(11-14)12-17-9-1-2-10-17/h3,5-6,11H,1-2,4,7-10,12H2,(H,18,19). The molecule has 0 radical (unpaired) electrons. The van der Waals surface area contributed by atoms with Gasteiger partial charge in [-0.15, -0.1) is 0 Å². The third-order valence-electron chi connectivity index (χ3n) is 4.70. The van der Waals surface area contributed by atoms with Crippen LogP contribution >= 0.6 is 0 Å². The predicted octanol–water partition coefficient (Wildman–Crippen LogP) is 2.79. The molecule has 1 saturated carbocycles. The number of nitrogens with zero attached hydrogens (tertiary/aromatic N) is 1. The van der Waals surface area contributed by atoms with Crippen molar-refractivity contribution in [1.29, 1.82) is 0 Å². The molecule has 3 heteroatoms. The molecule has 1 N–H and O–H groups in total. The molecule has 0 amide bonds. The van der Waals surface area contributed by atoms with Gasteiger partial charge in [0.2, 0.25) is 0 Å². The highest BCUT2D eigenvalue weighted by Crippen LogP contribution is 2.44. The summed E-state index contributed by atoms with van der Waals surface area (Å²) in [5.41, 5.74) is 1.66. The van der Waals surface area contributed by atoms with Crippen molar-refractivity contribution < 1.29 is 9.90 Å². The van der Waals surface area contributed by atoms with Crippen LogP contribution in [0.4, 0.5) is 0 Å². The lowest BCUT2D eigenvalue weighted by atomic mass is 9.64. The van der Waals surface area contributed by atoms with E-state index in [1.54, 1.807) is 0 Å². The zero-order chi connectivity index (χ0) is 13.3. The maximum atomic E-state index is 11.5. The summed E-state index contributed by atoms with van der Waals surface area (Å²) in [4.78, 5) is 14.0. The molecule has 3 nitrogen and oxygen atoms in total. The van der Waals surface area contributed by atoms with Gasteiger partial charge in [-0.1, -0.05) is 30.7 Å². The number of benzene rings is 1. The van der Waals surface area contributed by atoms with Crippen LogP contribution in [0.5, 0.6) is 0 Å². The highest BCUT2D eigenvalue weighted by atomic mass is 16.4. The monoisotopic (exact) mass is 259 g/mol. The van der Waals surface area contributed by atoms with Crippen molar-refractivity contribution in [3.63, 3.8) is 0 Å². The summed E-state index contributed by atoms with van der Waals surface area (Å²) < 4.78 is 0. The van der Waals surface area contributed by atoms with E-state index in [1.807, 2.05) is 12.1 Å². The maximum Gasteiger partial charge on any atom is 0.314 e. The average molecular weight is 259 g/mol. The second kappa shape index (κ2) is 4.97. The summed E-state index contributed by atoms with van der Waals surface area (Å²) in [5, 5.41) is 9.50. The normalized spacial score (nSPS) is 22.1. The van der Waals surface area contributed by atoms with E-state index in [2.05, 4.69) is 17.0 Å². The van der Waals surface area contributed by atoms with Gasteiger partial charge >= 0.3 is 5.97 Å². The van der Waals surface area contributed by atoms with Crippen LogP contribution < -0.4 is 0 Å². The Morgan fingerprint density at radius 1 is 1.21 bits per heavy atom. The quantitative estimate of drug-likeness (QED) is 0.904. The number of hydrogen-bond donors (Lipinski definition) is 1. The molecule has 0 bridgehead atoms. The van der Waals surface area contributed by atoms with Crippen molar-refractivity contribution in [1.82, 2.24) is 4.90 Å². The molecule has 0 atom stereocenters. The van der Waals surface area contributed by atoms with Gasteiger partial charge in [-0.2, -0.15) is 0 Å². The fourth-order valence-corrected chi connectivity index (χ4v) is 3.32. The van der Waals surface area contributed by atoms with E-state index in [4.69, 9.17) is 0 Å². The summed E-state index contributed by atoms with van der Waals surface area (Å²) in [6, 6.07) is 8.24. The zero-order valence-corrected chi connectivity index (χ0v) is 11.3. The Hall–Kier alpha value is -1.35. The fourth-order valence-electron chi connectivity index (χ4n) is 3.32. The highest BCUT2D eigenvalue weighted by Gasteiger charge is 2.45. The third-order valence-corrected chi connectivity index (χ3v) is 4.70. The predicted molar refractivity (Wildman–Crippen MR) is 74.1 cm³/mol. The number of rotatable bonds is 4. The van der Waals surface area contributed by atoms with Gasteiger partial charge in [0.1, 0.15) is 0 Å². The first kappa shape index (κ1) is 12.7. The Labute approximate surface area is 114 Å². The van der Waals surface area contributed by atoms with Crippen molar-refractivity contribution >= 4 is 5.97 Å². The summed E-state index contributed by atoms with van der Waals surface area (Å²) in [5.74, 6) is -0.655. The molecule has 1 aliphatic heterocycles. The van der Waals surface area contributed by atoms with E-state index in [1.165, 1.54) is 31.5 Å². The van der Waals surface area contributed by atoms with Crippen molar-refractivity contribution in [3.05, 3.63) is 35.4 Å². The molecule has 1 aliphatic carbocycles. The van der Waals surface area contributed by atoms with E-state index >= 15 is 0 Å². The molecule has 3 rings (SSSR count). The number of carboxylic acid groups (broad SMARTS) is 1. The van der Waals surface area contributed by atoms with E-state index in [9.17, 15) is 9.90 Å². The second-order valence-corrected chi connectivity index (χ2v) is 5.92. The molecule has 0 unspecified atom stereocenters. The Kier molecular flexibility index (Phi) is 3.31. The lowest BCUT2D eigenvalue weighted by Gasteiger charge is -2.38. The first-order valence-corrected chi connectivity index (χ1v) is 7.26. The smallest absolute Gasteiger partial charge is 0.314 e. The molecule has 102 valence electrons. The molecule has 1 heterocycles. The van der Waals surface area contributed by atoms with Gasteiger partial charge in [0.25, 0.3) is 0 Å². The Morgan fingerprint density at radius 3 is 2.53 bits per heavy atom. The van der Waals surface area contributed by atoms with Crippen LogP contribution in [-0.4, -0.2) is 29.1 Å². The lowest BCUT2D eigenvalue weighted by molar-refractivity contribution is -0.147. The number of hydrogen-bond acceptors (Lipinski definition) is 2. The van der Waals surface area contributed by atoms with Gasteiger partial charge in [0.05, 0.1) is 5.41 Å². The first-order valence-electron chi connectivity index (χ1n) is 7.26. The van der Waals surface area contributed by atoms with Crippen molar-refractivity contribution in [3.8, 4) is 0 Å². The van der Waals surface area contributed by atoms with Crippen molar-refractivity contribution in [2.45, 2.75) is 44.1 Å². The summed E-state index contributed by atoms with van der Waals surface area (Å²) in [6.45, 7) is 3.31. The van der Waals surface area contributed by atoms with E-state index in [0.29, 0.717) is 0 Å². The summed E-state index contributed by atoms with van der Waals surface area (Å²) in [6.07, 6.45) is 5.19. The molecule has 1 saturated heterocycles. The Bertz CT molecular complexity index is 473. The molecule has 0 aromatic heterocycles. The SMILES string of the molecule is O=C(O)C1(c2cccc(CN3CCCC3)c2)CCC1. The number of carbonyl (C=O) groups is 1. The van der Waals surface area contributed by atoms with Gasteiger partial charge in [-0.25, -0.2) is 0 Å². The number of carboxylic acids is 1. The van der Waals surface area contributed by atoms with Crippen LogP contribution in [0.3, 0.4) is 0 Å². The summed E-state index contributed by atoms with van der Waals surface area (Å²) in [7, 11) is 0. The van der Waals surface area contributed by atoms with Gasteiger partial charge in [-0.05, 0) is 49.9 Å². The minimum absolute atomic E-state index is 0.596. The van der Waals surface area contributed by atoms with Crippen molar-refractivity contribution in [2.24, 2.45) is 0 Å². The minimum Gasteiger partial charge on any atom is -0.481 e. The van der Waals surface area contributed by atoms with E-state index in [-0.39, 0.29) is 0 Å². The molecule has 19 heavy (non-hydrogen) atoms. The maximum absolute atomic E-state index is 11.5. The van der Waals surface area contributed by atoms with E-state index < -0.39 is 11.4 Å². The fraction of sp³-hybridized carbons (Fsp3) is 0.562. The van der Waals surface area contributed by atoms with Gasteiger partial charge in [-0.3, -0.25) is 9.69 Å². The average Bonchev–Trinajstić information content (AvgIpc) is 2.80. The second-order valence-electron chi connectivity index (χ2n) is 5.92. The topological polar surface area (TPSA) is 40.5 Å². The van der Waals surface area contributed by atoms with Crippen LogP contribution in [0.25, 0.3) is 0 Å². The van der Waals surface area contributed by atoms with Crippen molar-refractivity contribution in [2.75, 3.05) is 13.1 Å². The number of aliphatic carboxylic acids is 1. The zero-order valence-electron chi connectivity index (χ0n) is 11.3. The highest BCUT2D eigenvalue weighted by molar-refractivity contribution is 5.82. The largest absolute Gasteiger partial charge is 0.481 e. The molecule has 0 spiro atoms. The van der Waals surface area contributed by atoms with Gasteiger partial charge < -0.3 is 5.11 Å². The molecule has 2 fully saturated rings. The van der Waals surface area contributed by atoms with E-state index in [0.717, 1.165) is 31.4 Å². The van der Waals surface area contributed by atoms with Gasteiger partial charge in [0, 0.05) is 6.54 Å². The molecular weight excluding hydrogens is 238 g/mol. The molecular formula is C16H21NO2. The molecule has 1 aromatic rings. The van der Waals surface area contributed by atoms with Crippen LogP contribution in [0.15, 0.2) is 24.3 Å². The Morgan fingerprint density at radius 2 is 1.95 bits per heavy atom. The Balaban J connectivity index is 1.81. The molecule has 1 aromatic carbocycles. The van der Waals surface area contributed by atoms with Gasteiger partial charge in [0.15, 0.2) is 0 Å². The first-order chi connectivity index (χ1) is 9.21. The number of likely N-dealkylation sites (tertiary alicyclic amines) is 1. The minimum atomic E-state index is -0.655. The van der Waals surface area contributed by atoms with Crippen LogP contribution in [-0.2, 0) is 16.8 Å².